The third kappa shape index (κ3) is 4.10. The van der Waals surface area contributed by atoms with Gasteiger partial charge in [0.1, 0.15) is 0 Å². The third-order valence-corrected chi connectivity index (χ3v) is 2.32. The second-order valence-electron chi connectivity index (χ2n) is 4.70. The summed E-state index contributed by atoms with van der Waals surface area (Å²) >= 11 is 11.8. The second kappa shape index (κ2) is 5.47. The van der Waals surface area contributed by atoms with Gasteiger partial charge in [0.25, 0.3) is 0 Å². The Morgan fingerprint density at radius 1 is 1.28 bits per heavy atom. The largest absolute Gasteiger partial charge is 0.369 e. The van der Waals surface area contributed by atoms with Crippen LogP contribution in [0.5, 0.6) is 0 Å². The van der Waals surface area contributed by atoms with Crippen LogP contribution in [0.15, 0.2) is 23.2 Å². The Morgan fingerprint density at radius 2 is 1.78 bits per heavy atom. The molecule has 0 spiro atoms. The van der Waals surface area contributed by atoms with E-state index >= 15 is 0 Å². The van der Waals surface area contributed by atoms with Crippen LogP contribution in [0.25, 0.3) is 0 Å². The zero-order valence-electron chi connectivity index (χ0n) is 10.4. The average Bonchev–Trinajstić information content (AvgIpc) is 2.13. The first-order valence-electron chi connectivity index (χ1n) is 5.24. The summed E-state index contributed by atoms with van der Waals surface area (Å²) in [4.78, 5) is 5.41. The lowest BCUT2D eigenvalue weighted by Crippen LogP contribution is -2.36. The van der Waals surface area contributed by atoms with E-state index in [9.17, 15) is 0 Å². The van der Waals surface area contributed by atoms with Crippen molar-refractivity contribution in [3.63, 3.8) is 0 Å². The summed E-state index contributed by atoms with van der Waals surface area (Å²) in [5, 5.41) is 10.0. The minimum atomic E-state index is -0.373. The number of nitrogens with zero attached hydrogens (tertiary/aromatic N) is 3. The molecule has 0 unspecified atom stereocenters. The van der Waals surface area contributed by atoms with Gasteiger partial charge in [-0.3, -0.25) is 0 Å². The van der Waals surface area contributed by atoms with Crippen molar-refractivity contribution in [3.8, 4) is 6.19 Å². The molecule has 0 bridgehead atoms. The fraction of sp³-hybridized carbons (Fsp3) is 0.333. The number of rotatable bonds is 1. The van der Waals surface area contributed by atoms with Crippen molar-refractivity contribution in [2.24, 2.45) is 10.7 Å². The number of nitriles is 1. The Labute approximate surface area is 117 Å². The molecule has 0 heterocycles. The molecule has 1 rings (SSSR count). The van der Waals surface area contributed by atoms with Gasteiger partial charge in [-0.2, -0.15) is 5.26 Å². The lowest BCUT2D eigenvalue weighted by atomic mass is 10.1. The van der Waals surface area contributed by atoms with Gasteiger partial charge in [0.05, 0.1) is 11.2 Å². The van der Waals surface area contributed by atoms with E-state index in [0.717, 1.165) is 0 Å². The summed E-state index contributed by atoms with van der Waals surface area (Å²) in [5.74, 6) is 0.100. The SMILES string of the molecule is CC(C)(C)N=C(N)N(C#N)c1cc(Cl)cc(Cl)c1. The Balaban J connectivity index is 3.19. The lowest BCUT2D eigenvalue weighted by Gasteiger charge is -2.19. The first kappa shape index (κ1) is 14.6. The number of hydrogen-bond acceptors (Lipinski definition) is 2. The summed E-state index contributed by atoms with van der Waals surface area (Å²) in [7, 11) is 0. The molecule has 0 amide bonds. The number of guanidine groups is 1. The lowest BCUT2D eigenvalue weighted by molar-refractivity contribution is 0.582. The van der Waals surface area contributed by atoms with Crippen LogP contribution in [0.3, 0.4) is 0 Å². The van der Waals surface area contributed by atoms with Gasteiger partial charge < -0.3 is 5.73 Å². The van der Waals surface area contributed by atoms with Gasteiger partial charge >= 0.3 is 0 Å². The van der Waals surface area contributed by atoms with E-state index in [1.165, 1.54) is 4.90 Å². The molecule has 1 aromatic carbocycles. The summed E-state index contributed by atoms with van der Waals surface area (Å²) in [6, 6.07) is 4.78. The van der Waals surface area contributed by atoms with Crippen LogP contribution in [0.4, 0.5) is 5.69 Å². The molecule has 6 heteroatoms. The second-order valence-corrected chi connectivity index (χ2v) is 5.58. The van der Waals surface area contributed by atoms with Crippen LogP contribution in [0.2, 0.25) is 10.0 Å². The fourth-order valence-corrected chi connectivity index (χ4v) is 1.82. The summed E-state index contributed by atoms with van der Waals surface area (Å²) in [6.45, 7) is 5.67. The van der Waals surface area contributed by atoms with Gasteiger partial charge in [-0.05, 0) is 39.0 Å². The molecule has 0 aliphatic rings. The average molecular weight is 285 g/mol. The number of benzene rings is 1. The predicted molar refractivity (Wildman–Crippen MR) is 75.9 cm³/mol. The van der Waals surface area contributed by atoms with Gasteiger partial charge in [-0.1, -0.05) is 23.2 Å². The topological polar surface area (TPSA) is 65.4 Å². The van der Waals surface area contributed by atoms with Gasteiger partial charge in [-0.15, -0.1) is 0 Å². The summed E-state index contributed by atoms with van der Waals surface area (Å²) in [5.41, 5.74) is 5.93. The Morgan fingerprint density at radius 3 is 2.17 bits per heavy atom. The van der Waals surface area contributed by atoms with Gasteiger partial charge in [-0.25, -0.2) is 9.89 Å². The highest BCUT2D eigenvalue weighted by Gasteiger charge is 2.15. The molecule has 0 saturated heterocycles. The van der Waals surface area contributed by atoms with Crippen LogP contribution >= 0.6 is 23.2 Å². The molecule has 4 nitrogen and oxygen atoms in total. The van der Waals surface area contributed by atoms with Crippen molar-refractivity contribution in [3.05, 3.63) is 28.2 Å². The molecule has 18 heavy (non-hydrogen) atoms. The molecule has 1 aromatic rings. The minimum Gasteiger partial charge on any atom is -0.369 e. The number of nitrogens with two attached hydrogens (primary N) is 1. The molecular formula is C12H14Cl2N4. The van der Waals surface area contributed by atoms with E-state index in [4.69, 9.17) is 34.2 Å². The van der Waals surface area contributed by atoms with Crippen molar-refractivity contribution >= 4 is 34.8 Å². The maximum absolute atomic E-state index is 9.16. The van der Waals surface area contributed by atoms with Crippen LogP contribution in [0.1, 0.15) is 20.8 Å². The molecule has 0 aliphatic carbocycles. The van der Waals surface area contributed by atoms with Crippen molar-refractivity contribution in [1.82, 2.24) is 0 Å². The number of hydrogen-bond donors (Lipinski definition) is 1. The zero-order valence-corrected chi connectivity index (χ0v) is 11.9. The molecule has 96 valence electrons. The molecule has 0 radical (unpaired) electrons. The van der Waals surface area contributed by atoms with E-state index in [-0.39, 0.29) is 11.5 Å². The highest BCUT2D eigenvalue weighted by atomic mass is 35.5. The van der Waals surface area contributed by atoms with Crippen molar-refractivity contribution in [1.29, 1.82) is 5.26 Å². The number of aliphatic imine (C=N–C) groups is 1. The molecular weight excluding hydrogens is 271 g/mol. The Hall–Kier alpha value is -1.44. The van der Waals surface area contributed by atoms with Crippen LogP contribution < -0.4 is 10.6 Å². The first-order chi connectivity index (χ1) is 8.23. The quantitative estimate of drug-likeness (QED) is 0.372. The maximum atomic E-state index is 9.16. The maximum Gasteiger partial charge on any atom is 0.210 e. The molecule has 0 aliphatic heterocycles. The predicted octanol–water partition coefficient (Wildman–Crippen LogP) is 3.39. The van der Waals surface area contributed by atoms with Crippen LogP contribution in [-0.4, -0.2) is 11.5 Å². The minimum absolute atomic E-state index is 0.100. The van der Waals surface area contributed by atoms with E-state index in [0.29, 0.717) is 15.7 Å². The normalized spacial score (nSPS) is 12.1. The van der Waals surface area contributed by atoms with Crippen molar-refractivity contribution < 1.29 is 0 Å². The molecule has 0 fully saturated rings. The fourth-order valence-electron chi connectivity index (χ4n) is 1.30. The van der Waals surface area contributed by atoms with Crippen LogP contribution in [-0.2, 0) is 0 Å². The molecule has 0 atom stereocenters. The first-order valence-corrected chi connectivity index (χ1v) is 6.00. The van der Waals surface area contributed by atoms with E-state index < -0.39 is 0 Å². The highest BCUT2D eigenvalue weighted by molar-refractivity contribution is 6.35. The smallest absolute Gasteiger partial charge is 0.210 e. The molecule has 0 saturated carbocycles. The monoisotopic (exact) mass is 284 g/mol. The van der Waals surface area contributed by atoms with Gasteiger partial charge in [0, 0.05) is 10.0 Å². The van der Waals surface area contributed by atoms with Gasteiger partial charge in [0.2, 0.25) is 5.96 Å². The Kier molecular flexibility index (Phi) is 4.44. The van der Waals surface area contributed by atoms with E-state index in [2.05, 4.69) is 4.99 Å². The standard InChI is InChI=1S/C12H14Cl2N4/c1-12(2,3)17-11(16)18(7-15)10-5-8(13)4-9(14)6-10/h4-6H,1-3H3,(H2,16,17). The van der Waals surface area contributed by atoms with E-state index in [1.54, 1.807) is 18.2 Å². The zero-order chi connectivity index (χ0) is 13.9. The van der Waals surface area contributed by atoms with Crippen LogP contribution in [0, 0.1) is 11.5 Å². The molecule has 2 N–H and O–H groups in total. The van der Waals surface area contributed by atoms with Crippen molar-refractivity contribution in [2.75, 3.05) is 4.90 Å². The highest BCUT2D eigenvalue weighted by Crippen LogP contribution is 2.25. The van der Waals surface area contributed by atoms with E-state index in [1.807, 2.05) is 27.0 Å². The summed E-state index contributed by atoms with van der Waals surface area (Å²) in [6.07, 6.45) is 1.96. The summed E-state index contributed by atoms with van der Waals surface area (Å²) < 4.78 is 0. The number of anilines is 1. The van der Waals surface area contributed by atoms with Gasteiger partial charge in [0.15, 0.2) is 6.19 Å². The Bertz CT molecular complexity index is 492. The third-order valence-electron chi connectivity index (χ3n) is 1.88. The number of halogens is 2. The molecule has 0 aromatic heterocycles. The van der Waals surface area contributed by atoms with Crippen molar-refractivity contribution in [2.45, 2.75) is 26.3 Å².